The molecule has 2 saturated heterocycles. The number of thioether (sulfide) groups is 1. The van der Waals surface area contributed by atoms with Crippen LogP contribution < -0.4 is 0 Å². The lowest BCUT2D eigenvalue weighted by molar-refractivity contribution is 0.114. The highest BCUT2D eigenvalue weighted by molar-refractivity contribution is 8.01. The van der Waals surface area contributed by atoms with E-state index in [4.69, 9.17) is 4.74 Å². The summed E-state index contributed by atoms with van der Waals surface area (Å²) in [5.41, 5.74) is 1.57. The van der Waals surface area contributed by atoms with Gasteiger partial charge in [-0.1, -0.05) is 19.3 Å². The minimum atomic E-state index is 0.852. The third-order valence-corrected chi connectivity index (χ3v) is 8.10. The number of rotatable bonds is 3. The van der Waals surface area contributed by atoms with E-state index in [9.17, 15) is 0 Å². The summed E-state index contributed by atoms with van der Waals surface area (Å²) in [7, 11) is 0. The first-order valence-electron chi connectivity index (χ1n) is 8.87. The summed E-state index contributed by atoms with van der Waals surface area (Å²) in [5.74, 6) is 2.97. The highest BCUT2D eigenvalue weighted by Gasteiger charge is 2.53. The number of ether oxygens (including phenoxy) is 1. The van der Waals surface area contributed by atoms with Crippen LogP contribution in [-0.4, -0.2) is 17.1 Å². The van der Waals surface area contributed by atoms with Gasteiger partial charge >= 0.3 is 0 Å². The van der Waals surface area contributed by atoms with Crippen LogP contribution in [0.5, 0.6) is 0 Å². The summed E-state index contributed by atoms with van der Waals surface area (Å²) in [6.07, 6.45) is 16.4. The fraction of sp³-hybridized carbons (Fsp3) is 0.889. The predicted molar refractivity (Wildman–Crippen MR) is 85.8 cm³/mol. The smallest absolute Gasteiger partial charge is 0.0912 e. The summed E-state index contributed by atoms with van der Waals surface area (Å²) >= 11 is 2.33. The third-order valence-electron chi connectivity index (χ3n) is 6.16. The maximum atomic E-state index is 6.01. The largest absolute Gasteiger partial charge is 0.501 e. The molecule has 4 aliphatic rings. The van der Waals surface area contributed by atoms with Crippen LogP contribution in [-0.2, 0) is 4.74 Å². The molecule has 0 amide bonds. The standard InChI is InChI=1S/C18H28OS/c1-2-6-13(7-3-1)11-19-12-14-10-17-15-8-4-5-9-16(15)18(14)20-17/h11,14-18H,1-10,12H2. The molecule has 0 spiro atoms. The first-order chi connectivity index (χ1) is 9.92. The minimum absolute atomic E-state index is 0.852. The molecule has 0 aromatic carbocycles. The zero-order valence-electron chi connectivity index (χ0n) is 12.6. The van der Waals surface area contributed by atoms with Gasteiger partial charge in [0, 0.05) is 16.4 Å². The maximum absolute atomic E-state index is 6.01. The van der Waals surface area contributed by atoms with Gasteiger partial charge in [-0.3, -0.25) is 0 Å². The Balaban J connectivity index is 1.30. The van der Waals surface area contributed by atoms with E-state index in [1.165, 1.54) is 64.2 Å². The van der Waals surface area contributed by atoms with Gasteiger partial charge in [-0.25, -0.2) is 0 Å². The van der Waals surface area contributed by atoms with Crippen molar-refractivity contribution in [2.45, 2.75) is 74.7 Å². The van der Waals surface area contributed by atoms with E-state index >= 15 is 0 Å². The number of hydrogen-bond acceptors (Lipinski definition) is 2. The molecule has 0 N–H and O–H groups in total. The summed E-state index contributed by atoms with van der Waals surface area (Å²) in [5, 5.41) is 1.93. The lowest BCUT2D eigenvalue weighted by Gasteiger charge is -2.37. The molecule has 2 aliphatic carbocycles. The van der Waals surface area contributed by atoms with Crippen LogP contribution in [0.15, 0.2) is 11.8 Å². The van der Waals surface area contributed by atoms with Crippen molar-refractivity contribution in [3.8, 4) is 0 Å². The predicted octanol–water partition coefficient (Wildman–Crippen LogP) is 5.16. The van der Waals surface area contributed by atoms with E-state index in [0.29, 0.717) is 0 Å². The van der Waals surface area contributed by atoms with Crippen LogP contribution in [0, 0.1) is 17.8 Å². The van der Waals surface area contributed by atoms with Gasteiger partial charge in [0.15, 0.2) is 0 Å². The summed E-state index contributed by atoms with van der Waals surface area (Å²) in [6, 6.07) is 0. The van der Waals surface area contributed by atoms with Crippen molar-refractivity contribution < 1.29 is 4.74 Å². The van der Waals surface area contributed by atoms with E-state index in [1.54, 1.807) is 5.57 Å². The first-order valence-corrected chi connectivity index (χ1v) is 9.81. The molecule has 5 atom stereocenters. The highest BCUT2D eigenvalue weighted by Crippen LogP contribution is 2.59. The molecule has 4 rings (SSSR count). The van der Waals surface area contributed by atoms with Crippen LogP contribution in [0.2, 0.25) is 0 Å². The van der Waals surface area contributed by atoms with E-state index in [2.05, 4.69) is 18.0 Å². The van der Waals surface area contributed by atoms with E-state index in [0.717, 1.165) is 34.9 Å². The molecule has 2 saturated carbocycles. The Morgan fingerprint density at radius 2 is 1.80 bits per heavy atom. The van der Waals surface area contributed by atoms with Crippen molar-refractivity contribution in [1.29, 1.82) is 0 Å². The zero-order valence-corrected chi connectivity index (χ0v) is 13.4. The topological polar surface area (TPSA) is 9.23 Å². The van der Waals surface area contributed by atoms with Gasteiger partial charge in [0.1, 0.15) is 0 Å². The second-order valence-corrected chi connectivity index (χ2v) is 8.84. The minimum Gasteiger partial charge on any atom is -0.501 e. The molecule has 2 heterocycles. The van der Waals surface area contributed by atoms with Gasteiger partial charge in [0.2, 0.25) is 0 Å². The molecule has 2 bridgehead atoms. The van der Waals surface area contributed by atoms with Gasteiger partial charge < -0.3 is 4.74 Å². The molecule has 2 heteroatoms. The van der Waals surface area contributed by atoms with Crippen molar-refractivity contribution in [2.24, 2.45) is 17.8 Å². The lowest BCUT2D eigenvalue weighted by Crippen LogP contribution is -2.36. The Kier molecular flexibility index (Phi) is 4.03. The normalized spacial score (nSPS) is 43.4. The first kappa shape index (κ1) is 13.5. The Labute approximate surface area is 127 Å². The van der Waals surface area contributed by atoms with Gasteiger partial charge in [-0.05, 0) is 62.4 Å². The van der Waals surface area contributed by atoms with Crippen LogP contribution in [0.25, 0.3) is 0 Å². The van der Waals surface area contributed by atoms with Gasteiger partial charge in [-0.2, -0.15) is 11.8 Å². The van der Waals surface area contributed by atoms with Crippen molar-refractivity contribution in [3.05, 3.63) is 11.8 Å². The average molecular weight is 292 g/mol. The zero-order chi connectivity index (χ0) is 13.4. The Morgan fingerprint density at radius 1 is 1.00 bits per heavy atom. The Hall–Kier alpha value is -0.110. The number of fused-ring (bicyclic) bond motifs is 5. The molecular formula is C18H28OS. The van der Waals surface area contributed by atoms with Crippen LogP contribution in [0.4, 0.5) is 0 Å². The second kappa shape index (κ2) is 5.94. The molecule has 1 nitrogen and oxygen atoms in total. The molecule has 20 heavy (non-hydrogen) atoms. The maximum Gasteiger partial charge on any atom is 0.0912 e. The van der Waals surface area contributed by atoms with E-state index in [-0.39, 0.29) is 0 Å². The van der Waals surface area contributed by atoms with Crippen LogP contribution >= 0.6 is 11.8 Å². The highest BCUT2D eigenvalue weighted by atomic mass is 32.2. The van der Waals surface area contributed by atoms with Crippen LogP contribution in [0.1, 0.15) is 64.2 Å². The molecule has 0 aromatic heterocycles. The molecule has 5 unspecified atom stereocenters. The number of allylic oxidation sites excluding steroid dienone is 1. The fourth-order valence-electron chi connectivity index (χ4n) is 5.16. The monoisotopic (exact) mass is 292 g/mol. The second-order valence-electron chi connectivity index (χ2n) is 7.42. The molecule has 2 aliphatic heterocycles. The Morgan fingerprint density at radius 3 is 2.65 bits per heavy atom. The fourth-order valence-corrected chi connectivity index (χ4v) is 7.41. The van der Waals surface area contributed by atoms with Crippen molar-refractivity contribution in [1.82, 2.24) is 0 Å². The van der Waals surface area contributed by atoms with Crippen LogP contribution in [0.3, 0.4) is 0 Å². The van der Waals surface area contributed by atoms with Crippen molar-refractivity contribution in [2.75, 3.05) is 6.61 Å². The molecular weight excluding hydrogens is 264 g/mol. The average Bonchev–Trinajstić information content (AvgIpc) is 3.08. The third kappa shape index (κ3) is 2.53. The van der Waals surface area contributed by atoms with Gasteiger partial charge in [-0.15, -0.1) is 0 Å². The molecule has 0 radical (unpaired) electrons. The quantitative estimate of drug-likeness (QED) is 0.664. The van der Waals surface area contributed by atoms with Crippen molar-refractivity contribution >= 4 is 11.8 Å². The van der Waals surface area contributed by atoms with Gasteiger partial charge in [0.25, 0.3) is 0 Å². The molecule has 112 valence electrons. The van der Waals surface area contributed by atoms with E-state index in [1.807, 2.05) is 0 Å². The van der Waals surface area contributed by atoms with E-state index < -0.39 is 0 Å². The summed E-state index contributed by atoms with van der Waals surface area (Å²) in [4.78, 5) is 0. The number of hydrogen-bond donors (Lipinski definition) is 0. The summed E-state index contributed by atoms with van der Waals surface area (Å²) in [6.45, 7) is 1.00. The summed E-state index contributed by atoms with van der Waals surface area (Å²) < 4.78 is 6.01. The van der Waals surface area contributed by atoms with Crippen molar-refractivity contribution in [3.63, 3.8) is 0 Å². The SMILES string of the molecule is C(OCC1CC2SC1C1CCCCC21)=C1CCCCC1. The molecule has 0 aromatic rings. The molecule has 4 fully saturated rings. The lowest BCUT2D eigenvalue weighted by atomic mass is 9.68. The van der Waals surface area contributed by atoms with Gasteiger partial charge in [0.05, 0.1) is 12.9 Å². The Bertz CT molecular complexity index is 370.